The van der Waals surface area contributed by atoms with Gasteiger partial charge >= 0.3 is 0 Å². The average molecular weight is 374 g/mol. The molecule has 1 aliphatic rings. The molecule has 0 saturated heterocycles. The van der Waals surface area contributed by atoms with Crippen molar-refractivity contribution >= 4 is 11.3 Å². The lowest BCUT2D eigenvalue weighted by Crippen LogP contribution is -2.21. The lowest BCUT2D eigenvalue weighted by molar-refractivity contribution is 1.04. The Balaban J connectivity index is 2.22. The molecule has 0 amide bonds. The zero-order valence-corrected chi connectivity index (χ0v) is 16.2. The molecule has 0 fully saturated rings. The van der Waals surface area contributed by atoms with Crippen molar-refractivity contribution in [3.05, 3.63) is 106 Å². The van der Waals surface area contributed by atoms with Crippen molar-refractivity contribution in [1.82, 2.24) is 0 Å². The van der Waals surface area contributed by atoms with Gasteiger partial charge in [-0.2, -0.15) is 15.8 Å². The molecule has 1 aliphatic heterocycles. The van der Waals surface area contributed by atoms with Gasteiger partial charge in [0, 0.05) is 22.7 Å². The maximum atomic E-state index is 9.97. The fourth-order valence-corrected chi connectivity index (χ4v) is 3.45. The van der Waals surface area contributed by atoms with Gasteiger partial charge in [0.15, 0.2) is 0 Å². The summed E-state index contributed by atoms with van der Waals surface area (Å²) in [5.74, 6) is 0. The summed E-state index contributed by atoms with van der Waals surface area (Å²) < 4.78 is 0. The van der Waals surface area contributed by atoms with E-state index >= 15 is 0 Å². The van der Waals surface area contributed by atoms with Crippen molar-refractivity contribution in [2.75, 3.05) is 4.90 Å². The summed E-state index contributed by atoms with van der Waals surface area (Å²) in [6.07, 6.45) is 3.82. The molecule has 0 aliphatic carbocycles. The normalized spacial score (nSPS) is 12.7. The van der Waals surface area contributed by atoms with Gasteiger partial charge in [-0.3, -0.25) is 0 Å². The Morgan fingerprint density at radius 3 is 1.72 bits per heavy atom. The Kier molecular flexibility index (Phi) is 5.74. The average Bonchev–Trinajstić information content (AvgIpc) is 2.75. The topological polar surface area (TPSA) is 74.6 Å². The Bertz CT molecular complexity index is 1140. The number of rotatable bonds is 3. The van der Waals surface area contributed by atoms with Crippen LogP contribution < -0.4 is 4.90 Å². The third-order valence-electron chi connectivity index (χ3n) is 4.64. The minimum atomic E-state index is -0.0807. The molecular formula is C25H18N4. The highest BCUT2D eigenvalue weighted by Crippen LogP contribution is 2.34. The summed E-state index contributed by atoms with van der Waals surface area (Å²) >= 11 is 0. The predicted octanol–water partition coefficient (Wildman–Crippen LogP) is 5.64. The second-order valence-electron chi connectivity index (χ2n) is 6.52. The van der Waals surface area contributed by atoms with Crippen LogP contribution in [0.5, 0.6) is 0 Å². The maximum absolute atomic E-state index is 9.97. The van der Waals surface area contributed by atoms with Crippen molar-refractivity contribution in [3.8, 4) is 18.2 Å². The van der Waals surface area contributed by atoms with Crippen LogP contribution in [0.25, 0.3) is 5.57 Å². The first-order valence-electron chi connectivity index (χ1n) is 9.07. The summed E-state index contributed by atoms with van der Waals surface area (Å²) in [5.41, 5.74) is 4.84. The van der Waals surface area contributed by atoms with Crippen LogP contribution >= 0.6 is 0 Å². The molecule has 2 aromatic carbocycles. The van der Waals surface area contributed by atoms with Gasteiger partial charge in [0.1, 0.15) is 23.8 Å². The van der Waals surface area contributed by atoms with E-state index in [1.807, 2.05) is 86.7 Å². The zero-order chi connectivity index (χ0) is 20.8. The minimum Gasteiger partial charge on any atom is -0.318 e. The predicted molar refractivity (Wildman–Crippen MR) is 114 cm³/mol. The molecular weight excluding hydrogens is 356 g/mol. The smallest absolute Gasteiger partial charge is 0.138 e. The first-order chi connectivity index (χ1) is 14.1. The Morgan fingerprint density at radius 1 is 0.724 bits per heavy atom. The largest absolute Gasteiger partial charge is 0.318 e. The third-order valence-corrected chi connectivity index (χ3v) is 4.64. The van der Waals surface area contributed by atoms with Crippen molar-refractivity contribution in [2.45, 2.75) is 13.8 Å². The van der Waals surface area contributed by atoms with Gasteiger partial charge in [0.05, 0.1) is 5.57 Å². The lowest BCUT2D eigenvalue weighted by atomic mass is 9.89. The molecule has 0 bridgehead atoms. The molecule has 0 aromatic heterocycles. The van der Waals surface area contributed by atoms with E-state index in [0.29, 0.717) is 22.3 Å². The monoisotopic (exact) mass is 374 g/mol. The minimum absolute atomic E-state index is 0.0807. The third kappa shape index (κ3) is 3.86. The van der Waals surface area contributed by atoms with E-state index in [0.717, 1.165) is 17.1 Å². The fraction of sp³-hybridized carbons (Fsp3) is 0.0800. The van der Waals surface area contributed by atoms with Crippen molar-refractivity contribution in [2.24, 2.45) is 0 Å². The van der Waals surface area contributed by atoms with Gasteiger partial charge < -0.3 is 4.90 Å². The molecule has 29 heavy (non-hydrogen) atoms. The fourth-order valence-electron chi connectivity index (χ4n) is 3.45. The van der Waals surface area contributed by atoms with E-state index in [9.17, 15) is 15.8 Å². The van der Waals surface area contributed by atoms with Crippen LogP contribution in [0.2, 0.25) is 0 Å². The molecule has 0 radical (unpaired) electrons. The molecule has 0 N–H and O–H groups in total. The first kappa shape index (κ1) is 19.4. The highest BCUT2D eigenvalue weighted by molar-refractivity contribution is 5.91. The molecule has 0 unspecified atom stereocenters. The molecule has 0 saturated carbocycles. The van der Waals surface area contributed by atoms with Gasteiger partial charge in [0.25, 0.3) is 0 Å². The van der Waals surface area contributed by atoms with E-state index in [4.69, 9.17) is 0 Å². The number of para-hydroxylation sites is 1. The molecule has 4 heteroatoms. The van der Waals surface area contributed by atoms with Gasteiger partial charge in [-0.05, 0) is 49.3 Å². The number of benzene rings is 2. The zero-order valence-electron chi connectivity index (χ0n) is 16.2. The Hall–Kier alpha value is -4.33. The lowest BCUT2D eigenvalue weighted by Gasteiger charge is -2.30. The summed E-state index contributed by atoms with van der Waals surface area (Å²) in [4.78, 5) is 2.10. The first-order valence-corrected chi connectivity index (χ1v) is 9.07. The van der Waals surface area contributed by atoms with E-state index in [1.54, 1.807) is 12.1 Å². The summed E-state index contributed by atoms with van der Waals surface area (Å²) in [6.45, 7) is 3.94. The van der Waals surface area contributed by atoms with E-state index in [-0.39, 0.29) is 5.57 Å². The second kappa shape index (κ2) is 8.57. The van der Waals surface area contributed by atoms with Crippen molar-refractivity contribution < 1.29 is 0 Å². The van der Waals surface area contributed by atoms with E-state index < -0.39 is 0 Å². The molecule has 138 valence electrons. The number of allylic oxidation sites excluding steroid dienone is 8. The highest BCUT2D eigenvalue weighted by atomic mass is 15.1. The van der Waals surface area contributed by atoms with Gasteiger partial charge in [-0.25, -0.2) is 0 Å². The van der Waals surface area contributed by atoms with Crippen LogP contribution in [-0.2, 0) is 0 Å². The maximum Gasteiger partial charge on any atom is 0.138 e. The van der Waals surface area contributed by atoms with Crippen LogP contribution in [-0.4, -0.2) is 0 Å². The molecule has 1 heterocycles. The quantitative estimate of drug-likeness (QED) is 0.652. The molecule has 0 atom stereocenters. The van der Waals surface area contributed by atoms with E-state index in [1.165, 1.54) is 0 Å². The molecule has 0 spiro atoms. The number of nitrogens with zero attached hydrogens (tertiary/aromatic N) is 4. The SMILES string of the molecule is CC1=CC(=C(C#N)C(=C(C#N)C#N)c2ccccc2)C=C(C)N1c1ccccc1. The highest BCUT2D eigenvalue weighted by Gasteiger charge is 2.21. The molecule has 3 rings (SSSR count). The Morgan fingerprint density at radius 2 is 1.24 bits per heavy atom. The number of hydrogen-bond donors (Lipinski definition) is 0. The van der Waals surface area contributed by atoms with Gasteiger partial charge in [-0.1, -0.05) is 48.5 Å². The van der Waals surface area contributed by atoms with Crippen LogP contribution in [0, 0.1) is 34.0 Å². The summed E-state index contributed by atoms with van der Waals surface area (Å²) in [6, 6.07) is 25.2. The van der Waals surface area contributed by atoms with E-state index in [2.05, 4.69) is 11.0 Å². The molecule has 2 aromatic rings. The summed E-state index contributed by atoms with van der Waals surface area (Å²) in [5, 5.41) is 29.0. The second-order valence-corrected chi connectivity index (χ2v) is 6.52. The van der Waals surface area contributed by atoms with Crippen molar-refractivity contribution in [3.63, 3.8) is 0 Å². The Labute approximate surface area is 170 Å². The van der Waals surface area contributed by atoms with Crippen molar-refractivity contribution in [1.29, 1.82) is 15.8 Å². The van der Waals surface area contributed by atoms with Crippen LogP contribution in [0.15, 0.2) is 101 Å². The van der Waals surface area contributed by atoms with Gasteiger partial charge in [0.2, 0.25) is 0 Å². The number of nitriles is 3. The molecule has 4 nitrogen and oxygen atoms in total. The van der Waals surface area contributed by atoms with Crippen LogP contribution in [0.3, 0.4) is 0 Å². The standard InChI is InChI=1S/C25H18N4/c1-18-13-21(14-19(2)29(18)23-11-7-4-8-12-23)24(17-28)25(22(15-26)16-27)20-9-5-3-6-10-20/h3-14H,1-2H3. The summed E-state index contributed by atoms with van der Waals surface area (Å²) in [7, 11) is 0. The van der Waals surface area contributed by atoms with Crippen LogP contribution in [0.4, 0.5) is 5.69 Å². The number of hydrogen-bond acceptors (Lipinski definition) is 4. The van der Waals surface area contributed by atoms with Gasteiger partial charge in [-0.15, -0.1) is 0 Å². The number of anilines is 1. The van der Waals surface area contributed by atoms with Crippen LogP contribution in [0.1, 0.15) is 19.4 Å².